The largest absolute Gasteiger partial charge is 0.422 e. The minimum absolute atomic E-state index is 0. The van der Waals surface area contributed by atoms with Crippen molar-refractivity contribution in [2.24, 2.45) is 11.7 Å². The maximum absolute atomic E-state index is 11.7. The van der Waals surface area contributed by atoms with Crippen LogP contribution in [-0.4, -0.2) is 25.7 Å². The Morgan fingerprint density at radius 2 is 1.91 bits per heavy atom. The van der Waals surface area contributed by atoms with Crippen molar-refractivity contribution in [3.8, 4) is 11.5 Å². The van der Waals surface area contributed by atoms with Crippen LogP contribution in [0.1, 0.15) is 24.8 Å². The maximum Gasteiger partial charge on any atom is 0.412 e. The van der Waals surface area contributed by atoms with Crippen molar-refractivity contribution < 1.29 is 19.1 Å². The van der Waals surface area contributed by atoms with Crippen LogP contribution in [0.3, 0.4) is 0 Å². The van der Waals surface area contributed by atoms with Gasteiger partial charge in [-0.05, 0) is 17.7 Å². The monoisotopic (exact) mass is 350 g/mol. The van der Waals surface area contributed by atoms with Gasteiger partial charge < -0.3 is 20.5 Å². The number of nitrogens with one attached hydrogen (secondary N) is 1. The number of amides is 1. The Morgan fingerprint density at radius 3 is 2.41 bits per heavy atom. The number of rotatable bonds is 5. The predicted molar refractivity (Wildman–Crippen MR) is 86.9 cm³/mol. The summed E-state index contributed by atoms with van der Waals surface area (Å²) < 4.78 is 10.3. The van der Waals surface area contributed by atoms with Crippen molar-refractivity contribution in [2.45, 2.75) is 19.2 Å². The molecule has 1 atom stereocenters. The summed E-state index contributed by atoms with van der Waals surface area (Å²) in [4.78, 5) is 23.0. The Morgan fingerprint density at radius 1 is 1.27 bits per heavy atom. The van der Waals surface area contributed by atoms with Gasteiger partial charge in [-0.2, -0.15) is 0 Å². The summed E-state index contributed by atoms with van der Waals surface area (Å²) >= 11 is 6.06. The van der Waals surface area contributed by atoms with Crippen LogP contribution < -0.4 is 20.5 Å². The second-order valence-electron chi connectivity index (χ2n) is 4.62. The lowest BCUT2D eigenvalue weighted by atomic mass is 10.1. The van der Waals surface area contributed by atoms with Crippen LogP contribution in [-0.2, 0) is 4.79 Å². The zero-order valence-electron chi connectivity index (χ0n) is 12.6. The molecule has 6 nitrogen and oxygen atoms in total. The zero-order chi connectivity index (χ0) is 16.0. The predicted octanol–water partition coefficient (Wildman–Crippen LogP) is 2.63. The molecule has 0 fully saturated rings. The highest BCUT2D eigenvalue weighted by atomic mass is 35.5. The van der Waals surface area contributed by atoms with Gasteiger partial charge in [-0.25, -0.2) is 4.79 Å². The molecule has 22 heavy (non-hydrogen) atoms. The Hall–Kier alpha value is -1.50. The topological polar surface area (TPSA) is 90.7 Å². The van der Waals surface area contributed by atoms with Crippen LogP contribution in [0.2, 0.25) is 0 Å². The first-order chi connectivity index (χ1) is 9.88. The Kier molecular flexibility index (Phi) is 8.86. The van der Waals surface area contributed by atoms with Gasteiger partial charge in [0.05, 0.1) is 11.3 Å². The van der Waals surface area contributed by atoms with E-state index in [1.54, 1.807) is 26.0 Å². The third-order valence-electron chi connectivity index (χ3n) is 2.63. The number of carbonyl (C=O) groups is 2. The summed E-state index contributed by atoms with van der Waals surface area (Å²) in [5.41, 5.74) is 6.18. The number of hydrogen-bond donors (Lipinski definition) is 2. The van der Waals surface area contributed by atoms with Gasteiger partial charge in [-0.3, -0.25) is 4.79 Å². The lowest BCUT2D eigenvalue weighted by molar-refractivity contribution is -0.137. The highest BCUT2D eigenvalue weighted by Crippen LogP contribution is 2.32. The molecule has 3 N–H and O–H groups in total. The molecule has 0 aliphatic carbocycles. The van der Waals surface area contributed by atoms with Gasteiger partial charge in [0.1, 0.15) is 0 Å². The first kappa shape index (κ1) is 20.5. The molecule has 0 radical (unpaired) electrons. The minimum atomic E-state index is -0.661. The van der Waals surface area contributed by atoms with Crippen LogP contribution in [0, 0.1) is 5.92 Å². The average Bonchev–Trinajstić information content (AvgIpc) is 2.47. The standard InChI is InChI=1S/C14H19ClN2O4.ClH/c1-8(2)13(18)20-12-6-9(10(15)7-16)4-5-11(12)21-14(19)17-3;/h4-6,8,10H,7,16H2,1-3H3,(H,17,19);1H. The van der Waals surface area contributed by atoms with Gasteiger partial charge in [0.2, 0.25) is 0 Å². The van der Waals surface area contributed by atoms with Crippen molar-refractivity contribution in [3.05, 3.63) is 23.8 Å². The summed E-state index contributed by atoms with van der Waals surface area (Å²) in [5, 5.41) is 1.90. The van der Waals surface area contributed by atoms with Crippen LogP contribution in [0.4, 0.5) is 4.79 Å². The number of esters is 1. The summed E-state index contributed by atoms with van der Waals surface area (Å²) in [5.74, 6) is -0.488. The smallest absolute Gasteiger partial charge is 0.412 e. The van der Waals surface area contributed by atoms with E-state index in [2.05, 4.69) is 5.32 Å². The van der Waals surface area contributed by atoms with E-state index in [4.69, 9.17) is 26.8 Å². The Labute approximate surface area is 140 Å². The van der Waals surface area contributed by atoms with Crippen molar-refractivity contribution >= 4 is 36.1 Å². The third kappa shape index (κ3) is 5.71. The molecule has 0 spiro atoms. The van der Waals surface area contributed by atoms with Crippen LogP contribution in [0.25, 0.3) is 0 Å². The van der Waals surface area contributed by atoms with Crippen molar-refractivity contribution in [2.75, 3.05) is 13.6 Å². The van der Waals surface area contributed by atoms with Gasteiger partial charge in [0.25, 0.3) is 0 Å². The minimum Gasteiger partial charge on any atom is -0.422 e. The molecule has 8 heteroatoms. The van der Waals surface area contributed by atoms with E-state index in [-0.39, 0.29) is 36.4 Å². The second kappa shape index (κ2) is 9.50. The van der Waals surface area contributed by atoms with Crippen LogP contribution in [0.15, 0.2) is 18.2 Å². The van der Waals surface area contributed by atoms with Crippen molar-refractivity contribution in [3.63, 3.8) is 0 Å². The molecule has 0 aliphatic rings. The fourth-order valence-electron chi connectivity index (χ4n) is 1.40. The normalized spacial score (nSPS) is 11.4. The lowest BCUT2D eigenvalue weighted by Crippen LogP contribution is -2.23. The first-order valence-corrected chi connectivity index (χ1v) is 6.92. The maximum atomic E-state index is 11.7. The molecular formula is C14H20Cl2N2O4. The van der Waals surface area contributed by atoms with Gasteiger partial charge in [0.15, 0.2) is 11.5 Å². The molecule has 0 saturated carbocycles. The van der Waals surface area contributed by atoms with Crippen molar-refractivity contribution in [1.82, 2.24) is 5.32 Å². The van der Waals surface area contributed by atoms with E-state index in [0.717, 1.165) is 0 Å². The molecule has 124 valence electrons. The molecule has 1 aromatic rings. The molecule has 1 aromatic carbocycles. The van der Waals surface area contributed by atoms with Crippen LogP contribution in [0.5, 0.6) is 11.5 Å². The van der Waals surface area contributed by atoms with E-state index in [1.807, 2.05) is 0 Å². The molecule has 0 aliphatic heterocycles. The summed E-state index contributed by atoms with van der Waals surface area (Å²) in [6, 6.07) is 4.72. The summed E-state index contributed by atoms with van der Waals surface area (Å²) in [6.45, 7) is 3.64. The van der Waals surface area contributed by atoms with Gasteiger partial charge in [-0.15, -0.1) is 24.0 Å². The van der Waals surface area contributed by atoms with E-state index < -0.39 is 17.4 Å². The van der Waals surface area contributed by atoms with Crippen molar-refractivity contribution in [1.29, 1.82) is 0 Å². The highest BCUT2D eigenvalue weighted by molar-refractivity contribution is 6.21. The Balaban J connectivity index is 0.00000441. The van der Waals surface area contributed by atoms with E-state index in [1.165, 1.54) is 13.1 Å². The number of hydrogen-bond acceptors (Lipinski definition) is 5. The van der Waals surface area contributed by atoms with Gasteiger partial charge >= 0.3 is 12.1 Å². The molecule has 1 unspecified atom stereocenters. The van der Waals surface area contributed by atoms with Gasteiger partial charge in [0, 0.05) is 13.6 Å². The van der Waals surface area contributed by atoms with Crippen LogP contribution >= 0.6 is 24.0 Å². The van der Waals surface area contributed by atoms with E-state index >= 15 is 0 Å². The van der Waals surface area contributed by atoms with E-state index in [9.17, 15) is 9.59 Å². The molecule has 0 saturated heterocycles. The second-order valence-corrected chi connectivity index (χ2v) is 5.15. The fraction of sp³-hybridized carbons (Fsp3) is 0.429. The highest BCUT2D eigenvalue weighted by Gasteiger charge is 2.18. The Bertz CT molecular complexity index is 524. The molecule has 0 heterocycles. The zero-order valence-corrected chi connectivity index (χ0v) is 14.2. The molecule has 1 rings (SSSR count). The quantitative estimate of drug-likeness (QED) is 0.483. The molecule has 0 bridgehead atoms. The van der Waals surface area contributed by atoms with E-state index in [0.29, 0.717) is 5.56 Å². The fourth-order valence-corrected chi connectivity index (χ4v) is 1.53. The molecular weight excluding hydrogens is 331 g/mol. The summed E-state index contributed by atoms with van der Waals surface area (Å²) in [6.07, 6.45) is -0.661. The SMILES string of the molecule is CNC(=O)Oc1ccc(C(Cl)CN)cc1OC(=O)C(C)C.Cl. The molecule has 0 aromatic heterocycles. The lowest BCUT2D eigenvalue weighted by Gasteiger charge is -2.14. The average molecular weight is 351 g/mol. The number of ether oxygens (including phenoxy) is 2. The molecule has 1 amide bonds. The number of carbonyl (C=O) groups excluding carboxylic acids is 2. The third-order valence-corrected chi connectivity index (χ3v) is 3.06. The number of benzene rings is 1. The summed E-state index contributed by atoms with van der Waals surface area (Å²) in [7, 11) is 1.43. The van der Waals surface area contributed by atoms with Gasteiger partial charge in [-0.1, -0.05) is 19.9 Å². The number of nitrogens with two attached hydrogens (primary N) is 1. The number of halogens is 2. The number of alkyl halides is 1. The first-order valence-electron chi connectivity index (χ1n) is 6.48.